The molecule has 0 aromatic carbocycles. The summed E-state index contributed by atoms with van der Waals surface area (Å²) >= 11 is 0. The molecule has 0 aromatic rings. The van der Waals surface area contributed by atoms with Gasteiger partial charge in [0.1, 0.15) is 0 Å². The Kier molecular flexibility index (Phi) is 11.0. The zero-order valence-electron chi connectivity index (χ0n) is 9.50. The molecule has 1 amide bonds. The molecule has 0 saturated heterocycles. The van der Waals surface area contributed by atoms with Crippen molar-refractivity contribution in [2.45, 2.75) is 44.9 Å². The summed E-state index contributed by atoms with van der Waals surface area (Å²) in [6.07, 6.45) is 6.34. The first-order valence-corrected chi connectivity index (χ1v) is 5.89. The standard InChI is InChI=1S/C11H24N2O2/c12-8-4-1-3-7-11(15)13-9-5-2-6-10-14/h14H,1-10,12H2,(H,13,15). The summed E-state index contributed by atoms with van der Waals surface area (Å²) in [5, 5.41) is 11.4. The summed E-state index contributed by atoms with van der Waals surface area (Å²) < 4.78 is 0. The van der Waals surface area contributed by atoms with Gasteiger partial charge >= 0.3 is 0 Å². The van der Waals surface area contributed by atoms with E-state index in [1.165, 1.54) is 0 Å². The van der Waals surface area contributed by atoms with Crippen LogP contribution >= 0.6 is 0 Å². The Hall–Kier alpha value is -0.610. The molecule has 0 aliphatic heterocycles. The second-order valence-electron chi connectivity index (χ2n) is 3.73. The number of nitrogens with one attached hydrogen (secondary N) is 1. The summed E-state index contributed by atoms with van der Waals surface area (Å²) in [6, 6.07) is 0. The van der Waals surface area contributed by atoms with E-state index in [4.69, 9.17) is 10.8 Å². The Labute approximate surface area is 92.2 Å². The zero-order chi connectivity index (χ0) is 11.4. The number of hydrogen-bond acceptors (Lipinski definition) is 3. The van der Waals surface area contributed by atoms with Crippen LogP contribution in [0.3, 0.4) is 0 Å². The van der Waals surface area contributed by atoms with Crippen molar-refractivity contribution in [3.8, 4) is 0 Å². The minimum atomic E-state index is 0.135. The molecule has 4 N–H and O–H groups in total. The van der Waals surface area contributed by atoms with E-state index < -0.39 is 0 Å². The minimum Gasteiger partial charge on any atom is -0.396 e. The Morgan fingerprint density at radius 2 is 1.80 bits per heavy atom. The minimum absolute atomic E-state index is 0.135. The van der Waals surface area contributed by atoms with Crippen molar-refractivity contribution in [1.82, 2.24) is 5.32 Å². The fourth-order valence-corrected chi connectivity index (χ4v) is 1.34. The van der Waals surface area contributed by atoms with E-state index in [0.29, 0.717) is 13.0 Å². The molecule has 0 bridgehead atoms. The third-order valence-corrected chi connectivity index (χ3v) is 2.27. The van der Waals surface area contributed by atoms with Gasteiger partial charge in [0, 0.05) is 19.6 Å². The molecule has 4 heteroatoms. The molecule has 0 heterocycles. The molecular weight excluding hydrogens is 192 g/mol. The number of aliphatic hydroxyl groups excluding tert-OH is 1. The highest BCUT2D eigenvalue weighted by molar-refractivity contribution is 5.75. The van der Waals surface area contributed by atoms with Gasteiger partial charge in [-0.1, -0.05) is 6.42 Å². The van der Waals surface area contributed by atoms with Crippen molar-refractivity contribution in [3.63, 3.8) is 0 Å². The normalized spacial score (nSPS) is 10.3. The largest absolute Gasteiger partial charge is 0.396 e. The highest BCUT2D eigenvalue weighted by atomic mass is 16.2. The van der Waals surface area contributed by atoms with E-state index in [2.05, 4.69) is 5.32 Å². The van der Waals surface area contributed by atoms with Crippen LogP contribution in [0.2, 0.25) is 0 Å². The smallest absolute Gasteiger partial charge is 0.219 e. The van der Waals surface area contributed by atoms with E-state index in [1.807, 2.05) is 0 Å². The number of nitrogens with two attached hydrogens (primary N) is 1. The quantitative estimate of drug-likeness (QED) is 0.472. The number of carbonyl (C=O) groups excluding carboxylic acids is 1. The number of hydrogen-bond donors (Lipinski definition) is 3. The Morgan fingerprint density at radius 1 is 1.07 bits per heavy atom. The molecule has 0 saturated carbocycles. The maximum absolute atomic E-state index is 11.2. The lowest BCUT2D eigenvalue weighted by Crippen LogP contribution is -2.24. The number of carbonyl (C=O) groups is 1. The first kappa shape index (κ1) is 14.4. The van der Waals surface area contributed by atoms with Crippen molar-refractivity contribution in [2.75, 3.05) is 19.7 Å². The van der Waals surface area contributed by atoms with E-state index in [1.54, 1.807) is 0 Å². The summed E-state index contributed by atoms with van der Waals surface area (Å²) in [4.78, 5) is 11.2. The van der Waals surface area contributed by atoms with Crippen LogP contribution in [0.25, 0.3) is 0 Å². The van der Waals surface area contributed by atoms with Crippen LogP contribution in [-0.2, 0) is 4.79 Å². The monoisotopic (exact) mass is 216 g/mol. The molecule has 0 fully saturated rings. The molecule has 0 atom stereocenters. The van der Waals surface area contributed by atoms with Crippen molar-refractivity contribution in [1.29, 1.82) is 0 Å². The maximum atomic E-state index is 11.2. The van der Waals surface area contributed by atoms with Gasteiger partial charge in [0.15, 0.2) is 0 Å². The lowest BCUT2D eigenvalue weighted by Gasteiger charge is -2.04. The van der Waals surface area contributed by atoms with Crippen LogP contribution in [0.5, 0.6) is 0 Å². The molecule has 15 heavy (non-hydrogen) atoms. The van der Waals surface area contributed by atoms with Crippen LogP contribution in [0.15, 0.2) is 0 Å². The Balaban J connectivity index is 3.11. The lowest BCUT2D eigenvalue weighted by molar-refractivity contribution is -0.121. The molecule has 0 aliphatic rings. The van der Waals surface area contributed by atoms with Gasteiger partial charge in [0.25, 0.3) is 0 Å². The predicted molar refractivity (Wildman–Crippen MR) is 61.5 cm³/mol. The summed E-state index contributed by atoms with van der Waals surface area (Å²) in [5.41, 5.74) is 5.35. The lowest BCUT2D eigenvalue weighted by atomic mass is 10.2. The van der Waals surface area contributed by atoms with Gasteiger partial charge in [0.2, 0.25) is 5.91 Å². The molecule has 0 rings (SSSR count). The maximum Gasteiger partial charge on any atom is 0.219 e. The highest BCUT2D eigenvalue weighted by Gasteiger charge is 1.99. The van der Waals surface area contributed by atoms with E-state index >= 15 is 0 Å². The van der Waals surface area contributed by atoms with Crippen molar-refractivity contribution < 1.29 is 9.90 Å². The average molecular weight is 216 g/mol. The van der Waals surface area contributed by atoms with Crippen molar-refractivity contribution in [3.05, 3.63) is 0 Å². The van der Waals surface area contributed by atoms with Crippen molar-refractivity contribution in [2.24, 2.45) is 5.73 Å². The summed E-state index contributed by atoms with van der Waals surface area (Å²) in [5.74, 6) is 0.135. The van der Waals surface area contributed by atoms with Crippen LogP contribution in [0.4, 0.5) is 0 Å². The first-order chi connectivity index (χ1) is 7.31. The van der Waals surface area contributed by atoms with Crippen LogP contribution in [0, 0.1) is 0 Å². The van der Waals surface area contributed by atoms with Gasteiger partial charge in [-0.05, 0) is 38.6 Å². The fourth-order valence-electron chi connectivity index (χ4n) is 1.34. The van der Waals surface area contributed by atoms with Gasteiger partial charge in [-0.15, -0.1) is 0 Å². The molecule has 4 nitrogen and oxygen atoms in total. The Bertz CT molecular complexity index is 152. The third kappa shape index (κ3) is 11.3. The Morgan fingerprint density at radius 3 is 2.47 bits per heavy atom. The second kappa shape index (κ2) is 11.5. The molecule has 0 unspecified atom stereocenters. The number of unbranched alkanes of at least 4 members (excludes halogenated alkanes) is 4. The summed E-state index contributed by atoms with van der Waals surface area (Å²) in [6.45, 7) is 1.69. The second-order valence-corrected chi connectivity index (χ2v) is 3.73. The van der Waals surface area contributed by atoms with Gasteiger partial charge < -0.3 is 16.2 Å². The molecule has 0 radical (unpaired) electrons. The van der Waals surface area contributed by atoms with Crippen LogP contribution in [-0.4, -0.2) is 30.7 Å². The highest BCUT2D eigenvalue weighted by Crippen LogP contribution is 1.98. The molecule has 90 valence electrons. The SMILES string of the molecule is NCCCCCC(=O)NCCCCCO. The fraction of sp³-hybridized carbons (Fsp3) is 0.909. The van der Waals surface area contributed by atoms with Crippen LogP contribution in [0.1, 0.15) is 44.9 Å². The van der Waals surface area contributed by atoms with Gasteiger partial charge in [0.05, 0.1) is 0 Å². The summed E-state index contributed by atoms with van der Waals surface area (Å²) in [7, 11) is 0. The topological polar surface area (TPSA) is 75.4 Å². The first-order valence-electron chi connectivity index (χ1n) is 5.89. The average Bonchev–Trinajstić information content (AvgIpc) is 2.24. The van der Waals surface area contributed by atoms with E-state index in [9.17, 15) is 4.79 Å². The molecule has 0 spiro atoms. The predicted octanol–water partition coefficient (Wildman–Crippen LogP) is 0.784. The molecular formula is C11H24N2O2. The van der Waals surface area contributed by atoms with Gasteiger partial charge in [-0.25, -0.2) is 0 Å². The van der Waals surface area contributed by atoms with E-state index in [-0.39, 0.29) is 12.5 Å². The zero-order valence-corrected chi connectivity index (χ0v) is 9.50. The number of rotatable bonds is 10. The molecule has 0 aromatic heterocycles. The third-order valence-electron chi connectivity index (χ3n) is 2.27. The van der Waals surface area contributed by atoms with Gasteiger partial charge in [-0.3, -0.25) is 4.79 Å². The van der Waals surface area contributed by atoms with Gasteiger partial charge in [-0.2, -0.15) is 0 Å². The van der Waals surface area contributed by atoms with Crippen LogP contribution < -0.4 is 11.1 Å². The number of amides is 1. The molecule has 0 aliphatic carbocycles. The van der Waals surface area contributed by atoms with Crippen molar-refractivity contribution >= 4 is 5.91 Å². The van der Waals surface area contributed by atoms with E-state index in [0.717, 1.165) is 45.1 Å². The number of aliphatic hydroxyl groups is 1.